The fraction of sp³-hybridized carbons (Fsp3) is 0.160. The Hall–Kier alpha value is -3.33. The van der Waals surface area contributed by atoms with Crippen molar-refractivity contribution in [3.8, 4) is 0 Å². The van der Waals surface area contributed by atoms with Crippen LogP contribution in [0.4, 0.5) is 11.4 Å². The number of anilines is 2. The van der Waals surface area contributed by atoms with Crippen LogP contribution in [0.1, 0.15) is 22.5 Å². The monoisotopic (exact) mass is 369 g/mol. The zero-order chi connectivity index (χ0) is 19.9. The summed E-state index contributed by atoms with van der Waals surface area (Å²) in [6.07, 6.45) is 8.28. The molecular formula is C25H27N3. The second-order valence-corrected chi connectivity index (χ2v) is 7.13. The Balaban J connectivity index is 1.69. The molecule has 0 unspecified atom stereocenters. The number of aromatic nitrogens is 1. The predicted octanol–water partition coefficient (Wildman–Crippen LogP) is 5.55. The first-order valence-electron chi connectivity index (χ1n) is 9.39. The number of nitrogens with zero attached hydrogens (tertiary/aromatic N) is 3. The summed E-state index contributed by atoms with van der Waals surface area (Å²) in [5.41, 5.74) is 6.61. The molecule has 28 heavy (non-hydrogen) atoms. The molecule has 2 aromatic carbocycles. The van der Waals surface area contributed by atoms with E-state index in [1.807, 2.05) is 58.5 Å². The summed E-state index contributed by atoms with van der Waals surface area (Å²) in [5, 5.41) is 0. The Labute approximate surface area is 168 Å². The minimum Gasteiger partial charge on any atom is -0.378 e. The number of benzene rings is 2. The first kappa shape index (κ1) is 19.4. The summed E-state index contributed by atoms with van der Waals surface area (Å²) in [6.45, 7) is 0. The van der Waals surface area contributed by atoms with Crippen molar-refractivity contribution >= 4 is 35.7 Å². The quantitative estimate of drug-likeness (QED) is 0.567. The first-order valence-corrected chi connectivity index (χ1v) is 9.39. The number of rotatable bonds is 6. The van der Waals surface area contributed by atoms with Gasteiger partial charge in [-0.25, -0.2) is 4.98 Å². The van der Waals surface area contributed by atoms with E-state index in [-0.39, 0.29) is 0 Å². The molecule has 142 valence electrons. The Morgan fingerprint density at radius 2 is 0.929 bits per heavy atom. The van der Waals surface area contributed by atoms with Gasteiger partial charge in [0.2, 0.25) is 0 Å². The molecule has 0 radical (unpaired) electrons. The first-order chi connectivity index (χ1) is 13.5. The third-order valence-corrected chi connectivity index (χ3v) is 4.50. The van der Waals surface area contributed by atoms with Gasteiger partial charge < -0.3 is 9.80 Å². The van der Waals surface area contributed by atoms with Gasteiger partial charge in [0.05, 0.1) is 11.4 Å². The van der Waals surface area contributed by atoms with E-state index in [0.29, 0.717) is 0 Å². The number of hydrogen-bond acceptors (Lipinski definition) is 3. The van der Waals surface area contributed by atoms with Crippen LogP contribution >= 0.6 is 0 Å². The smallest absolute Gasteiger partial charge is 0.0637 e. The molecule has 0 amide bonds. The standard InChI is InChI=1S/C25H27N3/c1-27(2)24-16-10-20(11-17-24)8-14-22-6-5-7-23(26-22)15-9-21-12-18-25(19-13-21)28(3)4/h5-19H,1-4H3/b14-8+,15-9+. The lowest BCUT2D eigenvalue weighted by molar-refractivity contribution is 1.13. The fourth-order valence-electron chi connectivity index (χ4n) is 2.78. The van der Waals surface area contributed by atoms with Gasteiger partial charge in [0, 0.05) is 39.6 Å². The zero-order valence-electron chi connectivity index (χ0n) is 17.0. The Morgan fingerprint density at radius 3 is 1.29 bits per heavy atom. The van der Waals surface area contributed by atoms with Crippen molar-refractivity contribution in [1.29, 1.82) is 0 Å². The van der Waals surface area contributed by atoms with Gasteiger partial charge in [-0.05, 0) is 59.7 Å². The van der Waals surface area contributed by atoms with Crippen molar-refractivity contribution in [3.63, 3.8) is 0 Å². The van der Waals surface area contributed by atoms with Crippen molar-refractivity contribution in [1.82, 2.24) is 4.98 Å². The average Bonchev–Trinajstić information content (AvgIpc) is 2.71. The van der Waals surface area contributed by atoms with Gasteiger partial charge in [-0.15, -0.1) is 0 Å². The van der Waals surface area contributed by atoms with E-state index in [0.717, 1.165) is 22.5 Å². The van der Waals surface area contributed by atoms with Gasteiger partial charge >= 0.3 is 0 Å². The molecule has 0 aliphatic rings. The molecule has 0 aliphatic carbocycles. The maximum Gasteiger partial charge on any atom is 0.0637 e. The topological polar surface area (TPSA) is 19.4 Å². The summed E-state index contributed by atoms with van der Waals surface area (Å²) in [4.78, 5) is 8.90. The summed E-state index contributed by atoms with van der Waals surface area (Å²) >= 11 is 0. The highest BCUT2D eigenvalue weighted by molar-refractivity contribution is 5.72. The highest BCUT2D eigenvalue weighted by Crippen LogP contribution is 2.16. The lowest BCUT2D eigenvalue weighted by atomic mass is 10.1. The van der Waals surface area contributed by atoms with Crippen molar-refractivity contribution in [2.24, 2.45) is 0 Å². The van der Waals surface area contributed by atoms with Gasteiger partial charge in [-0.3, -0.25) is 0 Å². The molecule has 3 nitrogen and oxygen atoms in total. The second kappa shape index (κ2) is 9.05. The van der Waals surface area contributed by atoms with Gasteiger partial charge in [0.15, 0.2) is 0 Å². The third kappa shape index (κ3) is 5.34. The molecular weight excluding hydrogens is 342 g/mol. The van der Waals surface area contributed by atoms with Crippen LogP contribution in [0.25, 0.3) is 24.3 Å². The summed E-state index contributed by atoms with van der Waals surface area (Å²) in [6, 6.07) is 23.0. The molecule has 0 fully saturated rings. The lowest BCUT2D eigenvalue weighted by Gasteiger charge is -2.11. The van der Waals surface area contributed by atoms with Crippen molar-refractivity contribution in [2.75, 3.05) is 38.0 Å². The van der Waals surface area contributed by atoms with Crippen LogP contribution < -0.4 is 9.80 Å². The minimum atomic E-state index is 0.946. The van der Waals surface area contributed by atoms with Crippen LogP contribution in [0.5, 0.6) is 0 Å². The average molecular weight is 370 g/mol. The lowest BCUT2D eigenvalue weighted by Crippen LogP contribution is -2.07. The van der Waals surface area contributed by atoms with E-state index >= 15 is 0 Å². The van der Waals surface area contributed by atoms with Crippen LogP contribution in [0.2, 0.25) is 0 Å². The predicted molar refractivity (Wildman–Crippen MR) is 124 cm³/mol. The van der Waals surface area contributed by atoms with E-state index in [1.54, 1.807) is 0 Å². The summed E-state index contributed by atoms with van der Waals surface area (Å²) < 4.78 is 0. The summed E-state index contributed by atoms with van der Waals surface area (Å²) in [7, 11) is 8.18. The van der Waals surface area contributed by atoms with Gasteiger partial charge in [-0.2, -0.15) is 0 Å². The molecule has 1 heterocycles. The van der Waals surface area contributed by atoms with Gasteiger partial charge in [-0.1, -0.05) is 42.5 Å². The van der Waals surface area contributed by atoms with Crippen molar-refractivity contribution < 1.29 is 0 Å². The molecule has 3 rings (SSSR count). The maximum absolute atomic E-state index is 4.70. The zero-order valence-corrected chi connectivity index (χ0v) is 17.0. The molecule has 0 spiro atoms. The second-order valence-electron chi connectivity index (χ2n) is 7.13. The molecule has 0 bridgehead atoms. The Morgan fingerprint density at radius 1 is 0.536 bits per heavy atom. The van der Waals surface area contributed by atoms with Crippen LogP contribution in [0.15, 0.2) is 66.7 Å². The SMILES string of the molecule is CN(C)c1ccc(/C=C/c2cccc(/C=C/c3ccc(N(C)C)cc3)n2)cc1. The van der Waals surface area contributed by atoms with E-state index < -0.39 is 0 Å². The van der Waals surface area contributed by atoms with Crippen LogP contribution in [-0.2, 0) is 0 Å². The largest absolute Gasteiger partial charge is 0.378 e. The molecule has 0 saturated carbocycles. The van der Waals surface area contributed by atoms with E-state index in [1.165, 1.54) is 11.4 Å². The molecule has 0 saturated heterocycles. The molecule has 0 atom stereocenters. The fourth-order valence-corrected chi connectivity index (χ4v) is 2.78. The van der Waals surface area contributed by atoms with E-state index in [9.17, 15) is 0 Å². The minimum absolute atomic E-state index is 0.946. The highest BCUT2D eigenvalue weighted by atomic mass is 15.1. The number of hydrogen-bond donors (Lipinski definition) is 0. The van der Waals surface area contributed by atoms with Crippen LogP contribution in [0, 0.1) is 0 Å². The molecule has 3 heteroatoms. The number of pyridine rings is 1. The maximum atomic E-state index is 4.70. The van der Waals surface area contributed by atoms with Crippen molar-refractivity contribution in [2.45, 2.75) is 0 Å². The van der Waals surface area contributed by atoms with E-state index in [4.69, 9.17) is 4.98 Å². The Kier molecular flexibility index (Phi) is 6.28. The van der Waals surface area contributed by atoms with E-state index in [2.05, 4.69) is 70.5 Å². The molecule has 1 aromatic heterocycles. The van der Waals surface area contributed by atoms with Crippen molar-refractivity contribution in [3.05, 3.63) is 89.2 Å². The van der Waals surface area contributed by atoms with Crippen LogP contribution in [-0.4, -0.2) is 33.2 Å². The van der Waals surface area contributed by atoms with Gasteiger partial charge in [0.25, 0.3) is 0 Å². The third-order valence-electron chi connectivity index (χ3n) is 4.50. The van der Waals surface area contributed by atoms with Crippen LogP contribution in [0.3, 0.4) is 0 Å². The Bertz CT molecular complexity index is 873. The molecule has 0 N–H and O–H groups in total. The normalized spacial score (nSPS) is 11.3. The van der Waals surface area contributed by atoms with Gasteiger partial charge in [0.1, 0.15) is 0 Å². The summed E-state index contributed by atoms with van der Waals surface area (Å²) in [5.74, 6) is 0. The highest BCUT2D eigenvalue weighted by Gasteiger charge is 1.96. The molecule has 0 aliphatic heterocycles. The molecule has 3 aromatic rings.